The van der Waals surface area contributed by atoms with Gasteiger partial charge in [0.25, 0.3) is 0 Å². The van der Waals surface area contributed by atoms with Crippen molar-refractivity contribution in [1.29, 1.82) is 0 Å². The number of benzene rings is 1. The fourth-order valence-electron chi connectivity index (χ4n) is 1.93. The number of hydrogen-bond acceptors (Lipinski definition) is 3. The van der Waals surface area contributed by atoms with Crippen LogP contribution in [0, 0.1) is 0 Å². The van der Waals surface area contributed by atoms with Gasteiger partial charge in [0.05, 0.1) is 11.1 Å². The number of nitrogens with zero attached hydrogens (tertiary/aromatic N) is 1. The monoisotopic (exact) mass is 319 g/mol. The molecule has 0 saturated carbocycles. The van der Waals surface area contributed by atoms with Crippen molar-refractivity contribution in [2.45, 2.75) is 25.7 Å². The SMILES string of the molecule is CC(Oc1cccc(Br)c1Cl)N1CCC(O)C1. The maximum absolute atomic E-state index is 9.48. The second-order valence-electron chi connectivity index (χ2n) is 4.21. The van der Waals surface area contributed by atoms with E-state index in [-0.39, 0.29) is 12.3 Å². The maximum Gasteiger partial charge on any atom is 0.150 e. The molecule has 1 fully saturated rings. The summed E-state index contributed by atoms with van der Waals surface area (Å²) in [4.78, 5) is 2.10. The first kappa shape index (κ1) is 13.1. The largest absolute Gasteiger partial charge is 0.474 e. The first-order valence-corrected chi connectivity index (χ1v) is 6.78. The predicted molar refractivity (Wildman–Crippen MR) is 71.4 cm³/mol. The summed E-state index contributed by atoms with van der Waals surface area (Å²) in [5, 5.41) is 10.1. The molecule has 1 aliphatic rings. The third kappa shape index (κ3) is 3.13. The van der Waals surface area contributed by atoms with Crippen LogP contribution in [0.1, 0.15) is 13.3 Å². The summed E-state index contributed by atoms with van der Waals surface area (Å²) in [7, 11) is 0. The lowest BCUT2D eigenvalue weighted by molar-refractivity contribution is 0.0474. The van der Waals surface area contributed by atoms with E-state index < -0.39 is 0 Å². The van der Waals surface area contributed by atoms with E-state index in [0.717, 1.165) is 17.4 Å². The van der Waals surface area contributed by atoms with Gasteiger partial charge in [-0.25, -0.2) is 0 Å². The highest BCUT2D eigenvalue weighted by molar-refractivity contribution is 9.10. The van der Waals surface area contributed by atoms with E-state index >= 15 is 0 Å². The van der Waals surface area contributed by atoms with Crippen LogP contribution in [0.4, 0.5) is 0 Å². The number of aliphatic hydroxyl groups excluding tert-OH is 1. The minimum atomic E-state index is -0.237. The lowest BCUT2D eigenvalue weighted by atomic mass is 10.3. The van der Waals surface area contributed by atoms with E-state index in [2.05, 4.69) is 20.8 Å². The number of rotatable bonds is 3. The first-order chi connectivity index (χ1) is 8.08. The molecule has 1 N–H and O–H groups in total. The molecule has 1 aliphatic heterocycles. The molecule has 1 aromatic carbocycles. The van der Waals surface area contributed by atoms with Crippen molar-refractivity contribution >= 4 is 27.5 Å². The molecule has 2 unspecified atom stereocenters. The number of aliphatic hydroxyl groups is 1. The van der Waals surface area contributed by atoms with Crippen molar-refractivity contribution in [2.75, 3.05) is 13.1 Å². The summed E-state index contributed by atoms with van der Waals surface area (Å²) < 4.78 is 6.64. The topological polar surface area (TPSA) is 32.7 Å². The van der Waals surface area contributed by atoms with Crippen molar-refractivity contribution in [3.05, 3.63) is 27.7 Å². The second kappa shape index (κ2) is 5.57. The molecule has 1 heterocycles. The zero-order valence-electron chi connectivity index (χ0n) is 9.57. The van der Waals surface area contributed by atoms with Crippen LogP contribution >= 0.6 is 27.5 Å². The summed E-state index contributed by atoms with van der Waals surface area (Å²) in [6.45, 7) is 3.48. The van der Waals surface area contributed by atoms with Gasteiger partial charge >= 0.3 is 0 Å². The Hall–Kier alpha value is -0.290. The van der Waals surface area contributed by atoms with Crippen LogP contribution in [0.3, 0.4) is 0 Å². The van der Waals surface area contributed by atoms with E-state index in [9.17, 15) is 5.11 Å². The Morgan fingerprint density at radius 3 is 3.00 bits per heavy atom. The van der Waals surface area contributed by atoms with E-state index in [1.165, 1.54) is 0 Å². The molecule has 0 radical (unpaired) electrons. The fourth-order valence-corrected chi connectivity index (χ4v) is 2.45. The van der Waals surface area contributed by atoms with Gasteiger partial charge in [-0.1, -0.05) is 17.7 Å². The number of halogens is 2. The number of β-amino-alcohol motifs (C(OH)–C–C–N with tert-alkyl or cyclic N) is 1. The molecule has 0 aliphatic carbocycles. The lowest BCUT2D eigenvalue weighted by Crippen LogP contribution is -2.36. The zero-order valence-corrected chi connectivity index (χ0v) is 11.9. The number of likely N-dealkylation sites (tertiary alicyclic amines) is 1. The van der Waals surface area contributed by atoms with Gasteiger partial charge in [0.15, 0.2) is 0 Å². The Labute approximate surface area is 114 Å². The molecular weight excluding hydrogens is 305 g/mol. The van der Waals surface area contributed by atoms with Crippen LogP contribution in [-0.2, 0) is 0 Å². The molecule has 0 aromatic heterocycles. The fraction of sp³-hybridized carbons (Fsp3) is 0.500. The minimum Gasteiger partial charge on any atom is -0.474 e. The van der Waals surface area contributed by atoms with Crippen molar-refractivity contribution in [1.82, 2.24) is 4.90 Å². The smallest absolute Gasteiger partial charge is 0.150 e. The predicted octanol–water partition coefficient (Wildman–Crippen LogP) is 2.89. The molecular formula is C12H15BrClNO2. The molecule has 2 rings (SSSR count). The van der Waals surface area contributed by atoms with E-state index in [4.69, 9.17) is 16.3 Å². The summed E-state index contributed by atoms with van der Waals surface area (Å²) in [5.41, 5.74) is 0. The molecule has 17 heavy (non-hydrogen) atoms. The summed E-state index contributed by atoms with van der Waals surface area (Å²) in [6, 6.07) is 5.60. The van der Waals surface area contributed by atoms with Gasteiger partial charge < -0.3 is 9.84 Å². The normalized spacial score (nSPS) is 22.7. The standard InChI is InChI=1S/C12H15BrClNO2/c1-8(15-6-5-9(16)7-15)17-11-4-2-3-10(13)12(11)14/h2-4,8-9,16H,5-7H2,1H3. The van der Waals surface area contributed by atoms with E-state index in [0.29, 0.717) is 17.3 Å². The van der Waals surface area contributed by atoms with E-state index in [1.807, 2.05) is 25.1 Å². The van der Waals surface area contributed by atoms with Gasteiger partial charge in [-0.05, 0) is 41.4 Å². The van der Waals surface area contributed by atoms with Gasteiger partial charge in [-0.3, -0.25) is 4.90 Å². The zero-order chi connectivity index (χ0) is 12.4. The van der Waals surface area contributed by atoms with Crippen molar-refractivity contribution < 1.29 is 9.84 Å². The molecule has 0 bridgehead atoms. The second-order valence-corrected chi connectivity index (χ2v) is 5.44. The Morgan fingerprint density at radius 2 is 2.35 bits per heavy atom. The first-order valence-electron chi connectivity index (χ1n) is 5.60. The van der Waals surface area contributed by atoms with Gasteiger partial charge in [-0.2, -0.15) is 0 Å². The van der Waals surface area contributed by atoms with Crippen LogP contribution in [0.25, 0.3) is 0 Å². The molecule has 0 spiro atoms. The molecule has 2 atom stereocenters. The highest BCUT2D eigenvalue weighted by atomic mass is 79.9. The van der Waals surface area contributed by atoms with Gasteiger partial charge in [0.1, 0.15) is 12.0 Å². The Kier molecular flexibility index (Phi) is 4.31. The quantitative estimate of drug-likeness (QED) is 0.929. The van der Waals surface area contributed by atoms with Crippen molar-refractivity contribution in [2.24, 2.45) is 0 Å². The maximum atomic E-state index is 9.48. The molecule has 3 nitrogen and oxygen atoms in total. The van der Waals surface area contributed by atoms with Crippen LogP contribution in [-0.4, -0.2) is 35.4 Å². The van der Waals surface area contributed by atoms with Crippen LogP contribution in [0.2, 0.25) is 5.02 Å². The Bertz CT molecular complexity index is 402. The molecule has 1 aromatic rings. The third-order valence-electron chi connectivity index (χ3n) is 2.92. The minimum absolute atomic E-state index is 0.0843. The highest BCUT2D eigenvalue weighted by Crippen LogP contribution is 2.32. The molecule has 5 heteroatoms. The average molecular weight is 321 g/mol. The van der Waals surface area contributed by atoms with Crippen molar-refractivity contribution in [3.8, 4) is 5.75 Å². The van der Waals surface area contributed by atoms with Gasteiger partial charge in [-0.15, -0.1) is 0 Å². The Balaban J connectivity index is 2.03. The Morgan fingerprint density at radius 1 is 1.59 bits per heavy atom. The van der Waals surface area contributed by atoms with Crippen LogP contribution < -0.4 is 4.74 Å². The summed E-state index contributed by atoms with van der Waals surface area (Å²) in [6.07, 6.45) is 0.484. The lowest BCUT2D eigenvalue weighted by Gasteiger charge is -2.25. The van der Waals surface area contributed by atoms with E-state index in [1.54, 1.807) is 0 Å². The summed E-state index contributed by atoms with van der Waals surface area (Å²) >= 11 is 9.50. The molecule has 1 saturated heterocycles. The molecule has 0 amide bonds. The summed E-state index contributed by atoms with van der Waals surface area (Å²) in [5.74, 6) is 0.662. The van der Waals surface area contributed by atoms with Gasteiger partial charge in [0.2, 0.25) is 0 Å². The number of ether oxygens (including phenoxy) is 1. The highest BCUT2D eigenvalue weighted by Gasteiger charge is 2.25. The number of hydrogen-bond donors (Lipinski definition) is 1. The molecule has 94 valence electrons. The average Bonchev–Trinajstić information content (AvgIpc) is 2.72. The van der Waals surface area contributed by atoms with Crippen LogP contribution in [0.15, 0.2) is 22.7 Å². The third-order valence-corrected chi connectivity index (χ3v) is 4.20. The van der Waals surface area contributed by atoms with Crippen LogP contribution in [0.5, 0.6) is 5.75 Å². The van der Waals surface area contributed by atoms with Crippen molar-refractivity contribution in [3.63, 3.8) is 0 Å². The van der Waals surface area contributed by atoms with Gasteiger partial charge in [0, 0.05) is 17.6 Å².